The standard InChI is InChI=1S/C16H29N5O2/c1-13(2)12-23-8-6-17-16(22)19-14-5-4-7-21(10-14)15-9-18-20(3)11-15/h9,11,13-14H,4-8,10,12H2,1-3H3,(H2,17,19,22)/t14-/m0/s1. The summed E-state index contributed by atoms with van der Waals surface area (Å²) < 4.78 is 7.25. The first-order valence-electron chi connectivity index (χ1n) is 8.40. The molecule has 0 saturated carbocycles. The maximum absolute atomic E-state index is 11.9. The van der Waals surface area contributed by atoms with E-state index in [1.54, 1.807) is 4.68 Å². The molecule has 0 aliphatic carbocycles. The van der Waals surface area contributed by atoms with Crippen LogP contribution >= 0.6 is 0 Å². The predicted molar refractivity (Wildman–Crippen MR) is 90.6 cm³/mol. The van der Waals surface area contributed by atoms with Gasteiger partial charge in [-0.15, -0.1) is 0 Å². The van der Waals surface area contributed by atoms with E-state index in [1.165, 1.54) is 0 Å². The van der Waals surface area contributed by atoms with Gasteiger partial charge in [0, 0.05) is 45.5 Å². The summed E-state index contributed by atoms with van der Waals surface area (Å²) in [6.07, 6.45) is 5.95. The molecule has 2 heterocycles. The van der Waals surface area contributed by atoms with Crippen molar-refractivity contribution in [2.75, 3.05) is 37.7 Å². The third kappa shape index (κ3) is 6.09. The van der Waals surface area contributed by atoms with Crippen LogP contribution in [0.3, 0.4) is 0 Å². The molecule has 1 fully saturated rings. The molecule has 1 aromatic rings. The Morgan fingerprint density at radius 1 is 1.52 bits per heavy atom. The molecule has 23 heavy (non-hydrogen) atoms. The maximum atomic E-state index is 11.9. The second-order valence-electron chi connectivity index (χ2n) is 6.53. The summed E-state index contributed by atoms with van der Waals surface area (Å²) in [5.74, 6) is 0.518. The molecule has 1 aliphatic rings. The summed E-state index contributed by atoms with van der Waals surface area (Å²) in [5.41, 5.74) is 1.11. The van der Waals surface area contributed by atoms with E-state index in [1.807, 2.05) is 19.4 Å². The quantitative estimate of drug-likeness (QED) is 0.743. The Kier molecular flexibility index (Phi) is 6.70. The Labute approximate surface area is 138 Å². The van der Waals surface area contributed by atoms with Crippen LogP contribution in [0.1, 0.15) is 26.7 Å². The fourth-order valence-electron chi connectivity index (χ4n) is 2.69. The lowest BCUT2D eigenvalue weighted by molar-refractivity contribution is 0.112. The number of anilines is 1. The van der Waals surface area contributed by atoms with Crippen molar-refractivity contribution in [3.63, 3.8) is 0 Å². The zero-order chi connectivity index (χ0) is 16.7. The molecular formula is C16H29N5O2. The van der Waals surface area contributed by atoms with Crippen LogP contribution in [0.25, 0.3) is 0 Å². The number of nitrogens with one attached hydrogen (secondary N) is 2. The Bertz CT molecular complexity index is 489. The van der Waals surface area contributed by atoms with Gasteiger partial charge in [0.1, 0.15) is 0 Å². The number of carbonyl (C=O) groups is 1. The molecule has 0 bridgehead atoms. The molecule has 130 valence electrons. The number of urea groups is 1. The topological polar surface area (TPSA) is 71.4 Å². The van der Waals surface area contributed by atoms with Gasteiger partial charge in [-0.2, -0.15) is 5.10 Å². The molecule has 0 aromatic carbocycles. The molecule has 1 atom stereocenters. The van der Waals surface area contributed by atoms with Crippen molar-refractivity contribution in [1.29, 1.82) is 0 Å². The Balaban J connectivity index is 1.67. The summed E-state index contributed by atoms with van der Waals surface area (Å²) in [6, 6.07) is 0.0525. The van der Waals surface area contributed by atoms with Gasteiger partial charge in [-0.25, -0.2) is 4.79 Å². The number of amides is 2. The van der Waals surface area contributed by atoms with Crippen molar-refractivity contribution >= 4 is 11.7 Å². The van der Waals surface area contributed by atoms with Crippen LogP contribution in [0.15, 0.2) is 12.4 Å². The molecule has 0 spiro atoms. The normalized spacial score (nSPS) is 18.3. The van der Waals surface area contributed by atoms with E-state index in [9.17, 15) is 4.79 Å². The van der Waals surface area contributed by atoms with Crippen molar-refractivity contribution in [3.05, 3.63) is 12.4 Å². The number of rotatable bonds is 7. The van der Waals surface area contributed by atoms with E-state index >= 15 is 0 Å². The average molecular weight is 323 g/mol. The van der Waals surface area contributed by atoms with Gasteiger partial charge in [0.25, 0.3) is 0 Å². The van der Waals surface area contributed by atoms with E-state index in [4.69, 9.17) is 4.74 Å². The van der Waals surface area contributed by atoms with Gasteiger partial charge in [0.15, 0.2) is 0 Å². The minimum absolute atomic E-state index is 0.115. The van der Waals surface area contributed by atoms with Crippen LogP contribution in [0.5, 0.6) is 0 Å². The van der Waals surface area contributed by atoms with Gasteiger partial charge in [-0.3, -0.25) is 4.68 Å². The molecule has 0 unspecified atom stereocenters. The van der Waals surface area contributed by atoms with Gasteiger partial charge in [-0.1, -0.05) is 13.8 Å². The van der Waals surface area contributed by atoms with Gasteiger partial charge >= 0.3 is 6.03 Å². The molecule has 7 heteroatoms. The summed E-state index contributed by atoms with van der Waals surface area (Å²) in [6.45, 7) is 7.87. The van der Waals surface area contributed by atoms with Gasteiger partial charge in [0.2, 0.25) is 0 Å². The first-order valence-corrected chi connectivity index (χ1v) is 8.40. The Morgan fingerprint density at radius 3 is 3.04 bits per heavy atom. The fourth-order valence-corrected chi connectivity index (χ4v) is 2.69. The first kappa shape index (κ1) is 17.6. The van der Waals surface area contributed by atoms with Crippen molar-refractivity contribution in [2.45, 2.75) is 32.7 Å². The van der Waals surface area contributed by atoms with Crippen LogP contribution in [-0.4, -0.2) is 54.7 Å². The van der Waals surface area contributed by atoms with Crippen molar-refractivity contribution < 1.29 is 9.53 Å². The highest BCUT2D eigenvalue weighted by Crippen LogP contribution is 2.18. The summed E-state index contributed by atoms with van der Waals surface area (Å²) >= 11 is 0. The van der Waals surface area contributed by atoms with Gasteiger partial charge in [-0.05, 0) is 18.8 Å². The first-order chi connectivity index (χ1) is 11.0. The fraction of sp³-hybridized carbons (Fsp3) is 0.750. The number of hydrogen-bond acceptors (Lipinski definition) is 4. The number of carbonyl (C=O) groups excluding carboxylic acids is 1. The maximum Gasteiger partial charge on any atom is 0.315 e. The van der Waals surface area contributed by atoms with Gasteiger partial charge < -0.3 is 20.3 Å². The predicted octanol–water partition coefficient (Wildman–Crippen LogP) is 1.36. The average Bonchev–Trinajstić information content (AvgIpc) is 2.93. The third-order valence-corrected chi connectivity index (χ3v) is 3.80. The van der Waals surface area contributed by atoms with Crippen molar-refractivity contribution in [3.8, 4) is 0 Å². The van der Waals surface area contributed by atoms with Crippen LogP contribution in [0.2, 0.25) is 0 Å². The molecule has 1 aromatic heterocycles. The number of ether oxygens (including phenoxy) is 1. The van der Waals surface area contributed by atoms with Crippen LogP contribution in [-0.2, 0) is 11.8 Å². The van der Waals surface area contributed by atoms with Crippen LogP contribution in [0, 0.1) is 5.92 Å². The summed E-state index contributed by atoms with van der Waals surface area (Å²) in [4.78, 5) is 14.2. The van der Waals surface area contributed by atoms with E-state index < -0.39 is 0 Å². The summed E-state index contributed by atoms with van der Waals surface area (Å²) in [7, 11) is 1.91. The van der Waals surface area contributed by atoms with Crippen molar-refractivity contribution in [2.24, 2.45) is 13.0 Å². The lowest BCUT2D eigenvalue weighted by Gasteiger charge is -2.33. The smallest absolute Gasteiger partial charge is 0.315 e. The highest BCUT2D eigenvalue weighted by molar-refractivity contribution is 5.74. The number of nitrogens with zero attached hydrogens (tertiary/aromatic N) is 3. The number of aryl methyl sites for hydroxylation is 1. The Morgan fingerprint density at radius 2 is 2.35 bits per heavy atom. The van der Waals surface area contributed by atoms with E-state index in [0.717, 1.165) is 38.2 Å². The van der Waals surface area contributed by atoms with E-state index in [2.05, 4.69) is 34.5 Å². The van der Waals surface area contributed by atoms with Crippen LogP contribution in [0.4, 0.5) is 10.5 Å². The SMILES string of the molecule is CC(C)COCCNC(=O)N[C@H]1CCCN(c2cnn(C)c2)C1. The zero-order valence-corrected chi connectivity index (χ0v) is 14.4. The molecule has 1 aliphatic heterocycles. The van der Waals surface area contributed by atoms with Crippen LogP contribution < -0.4 is 15.5 Å². The highest BCUT2D eigenvalue weighted by Gasteiger charge is 2.22. The zero-order valence-electron chi connectivity index (χ0n) is 14.4. The summed E-state index contributed by atoms with van der Waals surface area (Å²) in [5, 5.41) is 10.1. The number of hydrogen-bond donors (Lipinski definition) is 2. The minimum atomic E-state index is -0.115. The second kappa shape index (κ2) is 8.76. The molecule has 0 radical (unpaired) electrons. The number of aromatic nitrogens is 2. The highest BCUT2D eigenvalue weighted by atomic mass is 16.5. The third-order valence-electron chi connectivity index (χ3n) is 3.80. The molecular weight excluding hydrogens is 294 g/mol. The van der Waals surface area contributed by atoms with E-state index in [0.29, 0.717) is 19.1 Å². The minimum Gasteiger partial charge on any atom is -0.379 e. The Hall–Kier alpha value is -1.76. The monoisotopic (exact) mass is 323 g/mol. The molecule has 2 N–H and O–H groups in total. The molecule has 7 nitrogen and oxygen atoms in total. The lowest BCUT2D eigenvalue weighted by atomic mass is 10.1. The second-order valence-corrected chi connectivity index (χ2v) is 6.53. The largest absolute Gasteiger partial charge is 0.379 e. The molecule has 1 saturated heterocycles. The van der Waals surface area contributed by atoms with E-state index in [-0.39, 0.29) is 12.1 Å². The van der Waals surface area contributed by atoms with Crippen molar-refractivity contribution in [1.82, 2.24) is 20.4 Å². The molecule has 2 amide bonds. The number of piperidine rings is 1. The molecule has 2 rings (SSSR count). The lowest BCUT2D eigenvalue weighted by Crippen LogP contribution is -2.51. The van der Waals surface area contributed by atoms with Gasteiger partial charge in [0.05, 0.1) is 18.5 Å².